The molecule has 1 saturated carbocycles. The highest BCUT2D eigenvalue weighted by molar-refractivity contribution is 7.07. The molecular formula is C12H20N2S. The van der Waals surface area contributed by atoms with Crippen LogP contribution in [0, 0.1) is 5.41 Å². The lowest BCUT2D eigenvalue weighted by Crippen LogP contribution is -2.32. The molecule has 0 aromatic carbocycles. The van der Waals surface area contributed by atoms with Crippen LogP contribution in [0.5, 0.6) is 0 Å². The van der Waals surface area contributed by atoms with Crippen molar-refractivity contribution in [3.63, 3.8) is 0 Å². The number of rotatable bonds is 3. The Labute approximate surface area is 95.9 Å². The van der Waals surface area contributed by atoms with Gasteiger partial charge in [-0.1, -0.05) is 25.7 Å². The van der Waals surface area contributed by atoms with Crippen LogP contribution < -0.4 is 5.73 Å². The van der Waals surface area contributed by atoms with Crippen LogP contribution in [0.25, 0.3) is 0 Å². The zero-order valence-electron chi connectivity index (χ0n) is 9.24. The summed E-state index contributed by atoms with van der Waals surface area (Å²) < 4.78 is 0. The van der Waals surface area contributed by atoms with Gasteiger partial charge in [-0.2, -0.15) is 0 Å². The summed E-state index contributed by atoms with van der Waals surface area (Å²) in [5.74, 6) is 0. The average molecular weight is 224 g/mol. The fourth-order valence-electron chi connectivity index (χ4n) is 2.64. The molecule has 0 unspecified atom stereocenters. The van der Waals surface area contributed by atoms with Gasteiger partial charge in [0.05, 0.1) is 11.2 Å². The smallest absolute Gasteiger partial charge is 0.0794 e. The number of aromatic nitrogens is 1. The van der Waals surface area contributed by atoms with Crippen LogP contribution in [-0.4, -0.2) is 11.5 Å². The minimum atomic E-state index is 0.352. The maximum atomic E-state index is 6.00. The second kappa shape index (κ2) is 5.08. The van der Waals surface area contributed by atoms with Gasteiger partial charge in [0.15, 0.2) is 0 Å². The maximum absolute atomic E-state index is 6.00. The molecule has 2 rings (SSSR count). The first-order valence-corrected chi connectivity index (χ1v) is 6.86. The standard InChI is InChI=1S/C12H20N2S/c13-9-12(5-3-1-2-4-6-12)7-11-8-15-10-14-11/h8,10H,1-7,9,13H2. The Kier molecular flexibility index (Phi) is 3.76. The second-order valence-corrected chi connectivity index (χ2v) is 5.49. The molecule has 0 bridgehead atoms. The summed E-state index contributed by atoms with van der Waals surface area (Å²) in [5, 5.41) is 2.17. The van der Waals surface area contributed by atoms with Gasteiger partial charge >= 0.3 is 0 Å². The number of nitrogens with zero attached hydrogens (tertiary/aromatic N) is 1. The SMILES string of the molecule is NCC1(Cc2cscn2)CCCCCC1. The Bertz CT molecular complexity index is 274. The van der Waals surface area contributed by atoms with Gasteiger partial charge in [0.1, 0.15) is 0 Å². The molecule has 2 nitrogen and oxygen atoms in total. The van der Waals surface area contributed by atoms with E-state index in [-0.39, 0.29) is 0 Å². The fraction of sp³-hybridized carbons (Fsp3) is 0.750. The molecule has 2 N–H and O–H groups in total. The van der Waals surface area contributed by atoms with Gasteiger partial charge in [-0.15, -0.1) is 11.3 Å². The third-order valence-corrected chi connectivity index (χ3v) is 4.27. The molecule has 0 atom stereocenters. The molecule has 1 fully saturated rings. The molecule has 1 aliphatic rings. The molecule has 0 aliphatic heterocycles. The summed E-state index contributed by atoms with van der Waals surface area (Å²) in [6, 6.07) is 0. The first kappa shape index (κ1) is 11.1. The van der Waals surface area contributed by atoms with E-state index in [1.54, 1.807) is 11.3 Å². The maximum Gasteiger partial charge on any atom is 0.0794 e. The number of thiazole rings is 1. The predicted molar refractivity (Wildman–Crippen MR) is 65.0 cm³/mol. The van der Waals surface area contributed by atoms with Crippen molar-refractivity contribution in [3.8, 4) is 0 Å². The van der Waals surface area contributed by atoms with Crippen molar-refractivity contribution < 1.29 is 0 Å². The van der Waals surface area contributed by atoms with Crippen molar-refractivity contribution >= 4 is 11.3 Å². The van der Waals surface area contributed by atoms with Gasteiger partial charge in [0.25, 0.3) is 0 Å². The second-order valence-electron chi connectivity index (χ2n) is 4.77. The molecule has 0 amide bonds. The normalized spacial score (nSPS) is 21.1. The average Bonchev–Trinajstić information content (AvgIpc) is 2.64. The third-order valence-electron chi connectivity index (χ3n) is 3.64. The quantitative estimate of drug-likeness (QED) is 0.802. The van der Waals surface area contributed by atoms with Crippen LogP contribution in [0.15, 0.2) is 10.9 Å². The third kappa shape index (κ3) is 2.79. The van der Waals surface area contributed by atoms with Crippen molar-refractivity contribution in [2.24, 2.45) is 11.1 Å². The minimum Gasteiger partial charge on any atom is -0.330 e. The van der Waals surface area contributed by atoms with Crippen molar-refractivity contribution in [1.82, 2.24) is 4.98 Å². The lowest BCUT2D eigenvalue weighted by molar-refractivity contribution is 0.250. The van der Waals surface area contributed by atoms with Crippen LogP contribution in [0.4, 0.5) is 0 Å². The van der Waals surface area contributed by atoms with Crippen LogP contribution in [0.1, 0.15) is 44.2 Å². The molecule has 1 aromatic heterocycles. The summed E-state index contributed by atoms with van der Waals surface area (Å²) in [6.07, 6.45) is 9.15. The summed E-state index contributed by atoms with van der Waals surface area (Å²) >= 11 is 1.69. The molecule has 1 heterocycles. The van der Waals surface area contributed by atoms with E-state index in [0.717, 1.165) is 13.0 Å². The van der Waals surface area contributed by atoms with Crippen molar-refractivity contribution in [1.29, 1.82) is 0 Å². The highest BCUT2D eigenvalue weighted by Gasteiger charge is 2.30. The zero-order valence-corrected chi connectivity index (χ0v) is 10.1. The molecule has 84 valence electrons. The highest BCUT2D eigenvalue weighted by Crippen LogP contribution is 2.37. The summed E-state index contributed by atoms with van der Waals surface area (Å²) in [7, 11) is 0. The zero-order chi connectivity index (χ0) is 10.6. The number of nitrogens with two attached hydrogens (primary N) is 1. The monoisotopic (exact) mass is 224 g/mol. The Morgan fingerprint density at radius 1 is 1.27 bits per heavy atom. The van der Waals surface area contributed by atoms with E-state index >= 15 is 0 Å². The number of hydrogen-bond acceptors (Lipinski definition) is 3. The molecular weight excluding hydrogens is 204 g/mol. The topological polar surface area (TPSA) is 38.9 Å². The predicted octanol–water partition coefficient (Wildman–Crippen LogP) is 2.98. The van der Waals surface area contributed by atoms with E-state index in [9.17, 15) is 0 Å². The van der Waals surface area contributed by atoms with Gasteiger partial charge in [-0.25, -0.2) is 4.98 Å². The van der Waals surface area contributed by atoms with Crippen molar-refractivity contribution in [3.05, 3.63) is 16.6 Å². The molecule has 0 saturated heterocycles. The molecule has 1 aromatic rings. The molecule has 15 heavy (non-hydrogen) atoms. The van der Waals surface area contributed by atoms with E-state index in [1.807, 2.05) is 5.51 Å². The van der Waals surface area contributed by atoms with E-state index in [2.05, 4.69) is 10.4 Å². The Morgan fingerprint density at radius 2 is 2.00 bits per heavy atom. The summed E-state index contributed by atoms with van der Waals surface area (Å²) in [5.41, 5.74) is 9.52. The minimum absolute atomic E-state index is 0.352. The highest BCUT2D eigenvalue weighted by atomic mass is 32.1. The molecule has 0 radical (unpaired) electrons. The molecule has 1 aliphatic carbocycles. The van der Waals surface area contributed by atoms with Gasteiger partial charge in [-0.05, 0) is 31.2 Å². The largest absolute Gasteiger partial charge is 0.330 e. The fourth-order valence-corrected chi connectivity index (χ4v) is 3.20. The van der Waals surface area contributed by atoms with E-state index in [4.69, 9.17) is 5.73 Å². The van der Waals surface area contributed by atoms with Gasteiger partial charge in [0.2, 0.25) is 0 Å². The van der Waals surface area contributed by atoms with Crippen LogP contribution in [0.3, 0.4) is 0 Å². The van der Waals surface area contributed by atoms with E-state index in [0.29, 0.717) is 5.41 Å². The van der Waals surface area contributed by atoms with Crippen LogP contribution >= 0.6 is 11.3 Å². The molecule has 0 spiro atoms. The first-order valence-electron chi connectivity index (χ1n) is 5.92. The van der Waals surface area contributed by atoms with E-state index < -0.39 is 0 Å². The van der Waals surface area contributed by atoms with Crippen LogP contribution in [0.2, 0.25) is 0 Å². The Balaban J connectivity index is 2.05. The van der Waals surface area contributed by atoms with Gasteiger partial charge in [0, 0.05) is 5.38 Å². The van der Waals surface area contributed by atoms with E-state index in [1.165, 1.54) is 44.2 Å². The molecule has 3 heteroatoms. The van der Waals surface area contributed by atoms with Crippen molar-refractivity contribution in [2.45, 2.75) is 44.9 Å². The Hall–Kier alpha value is -0.410. The van der Waals surface area contributed by atoms with Gasteiger partial charge < -0.3 is 5.73 Å². The number of hydrogen-bond donors (Lipinski definition) is 1. The summed E-state index contributed by atoms with van der Waals surface area (Å²) in [4.78, 5) is 4.40. The Morgan fingerprint density at radius 3 is 2.53 bits per heavy atom. The van der Waals surface area contributed by atoms with Crippen LogP contribution in [-0.2, 0) is 6.42 Å². The lowest BCUT2D eigenvalue weighted by Gasteiger charge is -2.30. The lowest BCUT2D eigenvalue weighted by atomic mass is 9.77. The first-order chi connectivity index (χ1) is 7.35. The van der Waals surface area contributed by atoms with Crippen molar-refractivity contribution in [2.75, 3.05) is 6.54 Å². The van der Waals surface area contributed by atoms with Gasteiger partial charge in [-0.3, -0.25) is 0 Å². The summed E-state index contributed by atoms with van der Waals surface area (Å²) in [6.45, 7) is 0.824.